The van der Waals surface area contributed by atoms with E-state index in [9.17, 15) is 9.18 Å². The van der Waals surface area contributed by atoms with E-state index in [2.05, 4.69) is 30.5 Å². The Balaban J connectivity index is 1.40. The first-order chi connectivity index (χ1) is 18.1. The fourth-order valence-corrected chi connectivity index (χ4v) is 4.19. The van der Waals surface area contributed by atoms with E-state index in [1.165, 1.54) is 12.1 Å². The molecule has 10 heteroatoms. The molecule has 0 atom stereocenters. The van der Waals surface area contributed by atoms with Crippen LogP contribution in [-0.2, 0) is 4.79 Å². The molecule has 0 bridgehead atoms. The van der Waals surface area contributed by atoms with Crippen molar-refractivity contribution >= 4 is 33.7 Å². The first-order valence-electron chi connectivity index (χ1n) is 11.8. The van der Waals surface area contributed by atoms with E-state index in [0.717, 1.165) is 28.6 Å². The Bertz CT molecular complexity index is 1760. The molecule has 5 aromatic heterocycles. The van der Waals surface area contributed by atoms with Gasteiger partial charge in [-0.15, -0.1) is 0 Å². The highest BCUT2D eigenvalue weighted by Crippen LogP contribution is 2.31. The van der Waals surface area contributed by atoms with Gasteiger partial charge in [0.1, 0.15) is 16.9 Å². The molecule has 6 aromatic rings. The largest absolute Gasteiger partial charge is 0.336 e. The van der Waals surface area contributed by atoms with Crippen molar-refractivity contribution in [1.82, 2.24) is 35.1 Å². The van der Waals surface area contributed by atoms with E-state index in [1.807, 2.05) is 31.2 Å². The summed E-state index contributed by atoms with van der Waals surface area (Å²) in [4.78, 5) is 33.7. The number of pyridine rings is 3. The summed E-state index contributed by atoms with van der Waals surface area (Å²) in [7, 11) is 0. The molecule has 37 heavy (non-hydrogen) atoms. The van der Waals surface area contributed by atoms with E-state index in [1.54, 1.807) is 30.7 Å². The molecule has 3 N–H and O–H groups in total. The standard InChI is InChI=1S/C27H21FN8O/c1-2-3-22(37)31-18-12-16(13-29-14-18)19-8-9-21-25(32-19)26(36-35-21)27-33-20-10-11-30-23(24(20)34-27)15-4-6-17(28)7-5-15/h4-14H,2-3H2,1H3,(H,31,37)(H,33,34)(H,35,36). The molecular weight excluding hydrogens is 471 g/mol. The predicted octanol–water partition coefficient (Wildman–Crippen LogP) is 5.50. The van der Waals surface area contributed by atoms with Gasteiger partial charge in [0.15, 0.2) is 11.5 Å². The zero-order valence-electron chi connectivity index (χ0n) is 19.8. The van der Waals surface area contributed by atoms with Gasteiger partial charge in [0.2, 0.25) is 5.91 Å². The van der Waals surface area contributed by atoms with Crippen LogP contribution >= 0.6 is 0 Å². The average Bonchev–Trinajstić information content (AvgIpc) is 3.53. The summed E-state index contributed by atoms with van der Waals surface area (Å²) < 4.78 is 13.4. The highest BCUT2D eigenvalue weighted by molar-refractivity contribution is 5.95. The maximum atomic E-state index is 13.4. The maximum absolute atomic E-state index is 13.4. The van der Waals surface area contributed by atoms with E-state index < -0.39 is 0 Å². The Kier molecular flexibility index (Phi) is 5.61. The van der Waals surface area contributed by atoms with Crippen LogP contribution < -0.4 is 5.32 Å². The van der Waals surface area contributed by atoms with Crippen molar-refractivity contribution in [2.45, 2.75) is 19.8 Å². The number of carbonyl (C=O) groups is 1. The zero-order valence-corrected chi connectivity index (χ0v) is 19.8. The number of hydrogen-bond donors (Lipinski definition) is 3. The Hall–Kier alpha value is -4.99. The number of aromatic amines is 2. The fourth-order valence-electron chi connectivity index (χ4n) is 4.19. The van der Waals surface area contributed by atoms with Crippen LogP contribution in [-0.4, -0.2) is 41.0 Å². The van der Waals surface area contributed by atoms with Gasteiger partial charge in [-0.1, -0.05) is 6.92 Å². The molecule has 5 heterocycles. The average molecular weight is 493 g/mol. The minimum atomic E-state index is -0.312. The SMILES string of the molecule is CCCC(=O)Nc1cncc(-c2ccc3[nH]nc(-c4nc5c(-c6ccc(F)cc6)nccc5[nH]4)c3n2)c1. The van der Waals surface area contributed by atoms with Crippen molar-refractivity contribution in [3.05, 3.63) is 72.9 Å². The molecule has 0 saturated heterocycles. The normalized spacial score (nSPS) is 11.3. The van der Waals surface area contributed by atoms with Gasteiger partial charge in [-0.25, -0.2) is 14.4 Å². The first-order valence-corrected chi connectivity index (χ1v) is 11.8. The molecule has 0 saturated carbocycles. The quantitative estimate of drug-likeness (QED) is 0.282. The minimum absolute atomic E-state index is 0.0543. The molecule has 0 radical (unpaired) electrons. The lowest BCUT2D eigenvalue weighted by atomic mass is 10.1. The van der Waals surface area contributed by atoms with Crippen LogP contribution in [0.25, 0.3) is 56.1 Å². The topological polar surface area (TPSA) is 125 Å². The molecule has 0 aliphatic rings. The smallest absolute Gasteiger partial charge is 0.224 e. The van der Waals surface area contributed by atoms with Gasteiger partial charge in [0.25, 0.3) is 0 Å². The number of aromatic nitrogens is 7. The number of fused-ring (bicyclic) bond motifs is 2. The number of nitrogens with one attached hydrogen (secondary N) is 3. The molecule has 9 nitrogen and oxygen atoms in total. The van der Waals surface area contributed by atoms with Gasteiger partial charge in [-0.05, 0) is 55.0 Å². The van der Waals surface area contributed by atoms with E-state index in [4.69, 9.17) is 9.97 Å². The third-order valence-electron chi connectivity index (χ3n) is 5.95. The van der Waals surface area contributed by atoms with Crippen LogP contribution in [0, 0.1) is 5.82 Å². The van der Waals surface area contributed by atoms with Crippen molar-refractivity contribution in [3.63, 3.8) is 0 Å². The van der Waals surface area contributed by atoms with Crippen molar-refractivity contribution in [1.29, 1.82) is 0 Å². The van der Waals surface area contributed by atoms with Gasteiger partial charge in [0.05, 0.1) is 34.3 Å². The van der Waals surface area contributed by atoms with E-state index >= 15 is 0 Å². The number of anilines is 1. The maximum Gasteiger partial charge on any atom is 0.224 e. The summed E-state index contributed by atoms with van der Waals surface area (Å²) in [6.45, 7) is 1.96. The molecule has 0 aliphatic heterocycles. The third kappa shape index (κ3) is 4.29. The monoisotopic (exact) mass is 492 g/mol. The molecular formula is C27H21FN8O. The number of carbonyl (C=O) groups excluding carboxylic acids is 1. The molecule has 182 valence electrons. The van der Waals surface area contributed by atoms with Gasteiger partial charge in [-0.2, -0.15) is 5.10 Å². The summed E-state index contributed by atoms with van der Waals surface area (Å²) in [5.74, 6) is 0.162. The number of imidazole rings is 1. The molecule has 0 spiro atoms. The lowest BCUT2D eigenvalue weighted by Gasteiger charge is -2.06. The Morgan fingerprint density at radius 3 is 2.62 bits per heavy atom. The molecule has 1 aromatic carbocycles. The Morgan fingerprint density at radius 1 is 0.946 bits per heavy atom. The van der Waals surface area contributed by atoms with Crippen LogP contribution in [0.15, 0.2) is 67.1 Å². The summed E-state index contributed by atoms with van der Waals surface area (Å²) in [5.41, 5.74) is 6.81. The number of H-pyrrole nitrogens is 2. The van der Waals surface area contributed by atoms with Crippen molar-refractivity contribution in [2.75, 3.05) is 5.32 Å². The predicted molar refractivity (Wildman–Crippen MR) is 139 cm³/mol. The number of nitrogens with zero attached hydrogens (tertiary/aromatic N) is 5. The number of rotatable bonds is 6. The molecule has 6 rings (SSSR count). The lowest BCUT2D eigenvalue weighted by molar-refractivity contribution is -0.116. The fraction of sp³-hybridized carbons (Fsp3) is 0.111. The second-order valence-electron chi connectivity index (χ2n) is 8.57. The summed E-state index contributed by atoms with van der Waals surface area (Å²) in [6, 6.07) is 13.6. The van der Waals surface area contributed by atoms with Crippen molar-refractivity contribution < 1.29 is 9.18 Å². The summed E-state index contributed by atoms with van der Waals surface area (Å²) in [5, 5.41) is 10.3. The molecule has 1 amide bonds. The zero-order chi connectivity index (χ0) is 25.4. The van der Waals surface area contributed by atoms with Crippen molar-refractivity contribution in [2.24, 2.45) is 0 Å². The van der Waals surface area contributed by atoms with Gasteiger partial charge in [0, 0.05) is 29.9 Å². The van der Waals surface area contributed by atoms with Crippen LogP contribution in [0.3, 0.4) is 0 Å². The van der Waals surface area contributed by atoms with Crippen LogP contribution in [0.1, 0.15) is 19.8 Å². The van der Waals surface area contributed by atoms with Crippen LogP contribution in [0.4, 0.5) is 10.1 Å². The van der Waals surface area contributed by atoms with Crippen molar-refractivity contribution in [3.8, 4) is 34.0 Å². The van der Waals surface area contributed by atoms with Crippen LogP contribution in [0.5, 0.6) is 0 Å². The first kappa shape index (κ1) is 22.5. The van der Waals surface area contributed by atoms with Gasteiger partial charge >= 0.3 is 0 Å². The van der Waals surface area contributed by atoms with E-state index in [0.29, 0.717) is 46.0 Å². The number of amides is 1. The second kappa shape index (κ2) is 9.23. The molecule has 0 aliphatic carbocycles. The Labute approximate surface area is 210 Å². The second-order valence-corrected chi connectivity index (χ2v) is 8.57. The summed E-state index contributed by atoms with van der Waals surface area (Å²) in [6.07, 6.45) is 6.21. The summed E-state index contributed by atoms with van der Waals surface area (Å²) >= 11 is 0. The van der Waals surface area contributed by atoms with Crippen LogP contribution in [0.2, 0.25) is 0 Å². The number of halogens is 1. The third-order valence-corrected chi connectivity index (χ3v) is 5.95. The lowest BCUT2D eigenvalue weighted by Crippen LogP contribution is -2.10. The number of benzene rings is 1. The molecule has 0 fully saturated rings. The highest BCUT2D eigenvalue weighted by Gasteiger charge is 2.17. The number of hydrogen-bond acceptors (Lipinski definition) is 6. The van der Waals surface area contributed by atoms with Gasteiger partial charge < -0.3 is 10.3 Å². The minimum Gasteiger partial charge on any atom is -0.336 e. The highest BCUT2D eigenvalue weighted by atomic mass is 19.1. The Morgan fingerprint density at radius 2 is 1.78 bits per heavy atom. The van der Waals surface area contributed by atoms with Gasteiger partial charge in [-0.3, -0.25) is 19.9 Å². The molecule has 0 unspecified atom stereocenters. The van der Waals surface area contributed by atoms with E-state index in [-0.39, 0.29) is 11.7 Å².